The minimum absolute atomic E-state index is 0.0351. The van der Waals surface area contributed by atoms with Gasteiger partial charge < -0.3 is 14.3 Å². The molecule has 2 fully saturated rings. The van der Waals surface area contributed by atoms with E-state index < -0.39 is 19.5 Å². The summed E-state index contributed by atoms with van der Waals surface area (Å²) >= 11 is 0. The van der Waals surface area contributed by atoms with E-state index in [4.69, 9.17) is 9.16 Å². The maximum Gasteiger partial charge on any atom is 0.410 e. The lowest BCUT2D eigenvalue weighted by atomic mass is 9.60. The zero-order chi connectivity index (χ0) is 25.5. The summed E-state index contributed by atoms with van der Waals surface area (Å²) in [6.45, 7) is 13.7. The van der Waals surface area contributed by atoms with Gasteiger partial charge in [-0.2, -0.15) is 0 Å². The predicted molar refractivity (Wildman–Crippen MR) is 143 cm³/mol. The molecule has 4 rings (SSSR count). The van der Waals surface area contributed by atoms with Crippen LogP contribution in [-0.2, 0) is 9.16 Å². The predicted octanol–water partition coefficient (Wildman–Crippen LogP) is 4.57. The van der Waals surface area contributed by atoms with Gasteiger partial charge in [0.15, 0.2) is 0 Å². The van der Waals surface area contributed by atoms with Crippen molar-refractivity contribution in [1.82, 2.24) is 4.90 Å². The molecule has 35 heavy (non-hydrogen) atoms. The Morgan fingerprint density at radius 1 is 1.00 bits per heavy atom. The highest BCUT2D eigenvalue weighted by Gasteiger charge is 2.63. The van der Waals surface area contributed by atoms with Gasteiger partial charge in [-0.05, 0) is 60.9 Å². The first-order valence-corrected chi connectivity index (χ1v) is 14.7. The summed E-state index contributed by atoms with van der Waals surface area (Å²) < 4.78 is 12.8. The molecule has 1 saturated heterocycles. The number of aliphatic hydroxyl groups excluding tert-OH is 1. The highest BCUT2D eigenvalue weighted by atomic mass is 28.4. The molecule has 190 valence electrons. The SMILES string of the molecule is CC(C)(C)OC(=O)N1CCC2C(CO[Si](c3ccccc3)(c3ccccc3)C(C)(C)C)CC21CO. The molecular weight excluding hydrogens is 454 g/mol. The van der Waals surface area contributed by atoms with E-state index in [9.17, 15) is 9.90 Å². The molecule has 0 radical (unpaired) electrons. The van der Waals surface area contributed by atoms with Gasteiger partial charge in [0, 0.05) is 13.2 Å². The molecular formula is C29H41NO4Si. The average Bonchev–Trinajstić information content (AvgIpc) is 3.08. The lowest BCUT2D eigenvalue weighted by Gasteiger charge is -2.55. The van der Waals surface area contributed by atoms with Crippen molar-refractivity contribution in [1.29, 1.82) is 0 Å². The summed E-state index contributed by atoms with van der Waals surface area (Å²) in [7, 11) is -2.61. The zero-order valence-corrected chi connectivity index (χ0v) is 23.1. The number of fused-ring (bicyclic) bond motifs is 1. The molecule has 1 heterocycles. The van der Waals surface area contributed by atoms with Gasteiger partial charge in [-0.3, -0.25) is 4.90 Å². The van der Waals surface area contributed by atoms with Crippen LogP contribution in [0.1, 0.15) is 54.4 Å². The van der Waals surface area contributed by atoms with Crippen molar-refractivity contribution in [3.63, 3.8) is 0 Å². The van der Waals surface area contributed by atoms with Gasteiger partial charge in [0.2, 0.25) is 0 Å². The highest BCUT2D eigenvalue weighted by molar-refractivity contribution is 6.99. The third-order valence-electron chi connectivity index (χ3n) is 7.89. The minimum Gasteiger partial charge on any atom is -0.444 e. The third-order valence-corrected chi connectivity index (χ3v) is 12.9. The second-order valence-corrected chi connectivity index (χ2v) is 16.5. The van der Waals surface area contributed by atoms with Crippen LogP contribution in [0.5, 0.6) is 0 Å². The van der Waals surface area contributed by atoms with Crippen LogP contribution in [0.3, 0.4) is 0 Å². The summed E-state index contributed by atoms with van der Waals surface area (Å²) in [5.41, 5.74) is -1.08. The number of benzene rings is 2. The molecule has 2 aliphatic rings. The smallest absolute Gasteiger partial charge is 0.410 e. The fourth-order valence-electron chi connectivity index (χ4n) is 6.36. The van der Waals surface area contributed by atoms with Crippen molar-refractivity contribution < 1.29 is 19.1 Å². The number of nitrogens with zero attached hydrogens (tertiary/aromatic N) is 1. The second kappa shape index (κ2) is 9.38. The van der Waals surface area contributed by atoms with Gasteiger partial charge in [-0.25, -0.2) is 4.79 Å². The van der Waals surface area contributed by atoms with E-state index in [0.29, 0.717) is 19.1 Å². The van der Waals surface area contributed by atoms with Gasteiger partial charge in [0.25, 0.3) is 8.32 Å². The molecule has 0 aromatic heterocycles. The Bertz CT molecular complexity index is 975. The van der Waals surface area contributed by atoms with E-state index in [0.717, 1.165) is 12.8 Å². The molecule has 5 nitrogen and oxygen atoms in total. The van der Waals surface area contributed by atoms with Crippen LogP contribution in [-0.4, -0.2) is 55.3 Å². The zero-order valence-electron chi connectivity index (χ0n) is 22.1. The highest BCUT2D eigenvalue weighted by Crippen LogP contribution is 2.55. The van der Waals surface area contributed by atoms with Crippen LogP contribution in [0.4, 0.5) is 4.79 Å². The van der Waals surface area contributed by atoms with Gasteiger partial charge in [-0.15, -0.1) is 0 Å². The number of aliphatic hydroxyl groups is 1. The van der Waals surface area contributed by atoms with Crippen LogP contribution in [0, 0.1) is 11.8 Å². The lowest BCUT2D eigenvalue weighted by molar-refractivity contribution is -0.0883. The number of carbonyl (C=O) groups is 1. The minimum atomic E-state index is -2.61. The molecule has 6 heteroatoms. The molecule has 3 atom stereocenters. The van der Waals surface area contributed by atoms with Crippen molar-refractivity contribution in [3.8, 4) is 0 Å². The van der Waals surface area contributed by atoms with Crippen molar-refractivity contribution in [2.75, 3.05) is 19.8 Å². The molecule has 3 unspecified atom stereocenters. The average molecular weight is 496 g/mol. The molecule has 2 aromatic rings. The maximum absolute atomic E-state index is 12.9. The van der Waals surface area contributed by atoms with Crippen LogP contribution in [0.2, 0.25) is 5.04 Å². The molecule has 1 aliphatic carbocycles. The van der Waals surface area contributed by atoms with Crippen molar-refractivity contribution in [2.45, 2.75) is 70.6 Å². The Kier molecular flexibility index (Phi) is 6.95. The fourth-order valence-corrected chi connectivity index (χ4v) is 11.0. The summed E-state index contributed by atoms with van der Waals surface area (Å²) in [4.78, 5) is 14.7. The van der Waals surface area contributed by atoms with Gasteiger partial charge in [0.1, 0.15) is 5.60 Å². The van der Waals surface area contributed by atoms with Gasteiger partial charge in [-0.1, -0.05) is 81.4 Å². The third kappa shape index (κ3) is 4.56. The topological polar surface area (TPSA) is 59.0 Å². The van der Waals surface area contributed by atoms with Crippen molar-refractivity contribution >= 4 is 24.8 Å². The normalized spacial score (nSPS) is 24.6. The van der Waals surface area contributed by atoms with E-state index >= 15 is 0 Å². The standard InChI is InChI=1S/C29H41NO4Si/c1-27(2,3)34-26(32)30-18-17-25-22(19-29(25,30)21-31)20-33-35(28(4,5)6,23-13-9-7-10-14-23)24-15-11-8-12-16-24/h7-16,22,25,31H,17-21H2,1-6H3. The largest absolute Gasteiger partial charge is 0.444 e. The van der Waals surface area contributed by atoms with Gasteiger partial charge in [0.05, 0.1) is 12.1 Å². The summed E-state index contributed by atoms with van der Waals surface area (Å²) in [6.07, 6.45) is 1.29. The second-order valence-electron chi connectivity index (χ2n) is 12.2. The quantitative estimate of drug-likeness (QED) is 0.597. The number of hydrogen-bond acceptors (Lipinski definition) is 4. The molecule has 0 bridgehead atoms. The monoisotopic (exact) mass is 495 g/mol. The van der Waals surface area contributed by atoms with Crippen molar-refractivity contribution in [2.24, 2.45) is 11.8 Å². The molecule has 0 spiro atoms. The number of hydrogen-bond donors (Lipinski definition) is 1. The Morgan fingerprint density at radius 2 is 1.54 bits per heavy atom. The Balaban J connectivity index is 1.59. The molecule has 2 aromatic carbocycles. The summed E-state index contributed by atoms with van der Waals surface area (Å²) in [5, 5.41) is 12.9. The van der Waals surface area contributed by atoms with E-state index in [-0.39, 0.29) is 23.7 Å². The molecule has 1 aliphatic heterocycles. The van der Waals surface area contributed by atoms with E-state index in [1.54, 1.807) is 4.90 Å². The van der Waals surface area contributed by atoms with Crippen LogP contribution < -0.4 is 10.4 Å². The van der Waals surface area contributed by atoms with Gasteiger partial charge >= 0.3 is 6.09 Å². The Labute approximate surface area is 211 Å². The Hall–Kier alpha value is -2.15. The molecule has 1 saturated carbocycles. The van der Waals surface area contributed by atoms with Crippen LogP contribution in [0.25, 0.3) is 0 Å². The summed E-state index contributed by atoms with van der Waals surface area (Å²) in [6, 6.07) is 21.4. The first-order valence-electron chi connectivity index (χ1n) is 12.8. The Morgan fingerprint density at radius 3 is 2.00 bits per heavy atom. The number of amides is 1. The molecule has 1 amide bonds. The van der Waals surface area contributed by atoms with E-state index in [1.807, 2.05) is 20.8 Å². The first kappa shape index (κ1) is 25.9. The van der Waals surface area contributed by atoms with Crippen molar-refractivity contribution in [3.05, 3.63) is 60.7 Å². The van der Waals surface area contributed by atoms with E-state index in [1.165, 1.54) is 10.4 Å². The first-order chi connectivity index (χ1) is 16.4. The number of rotatable bonds is 6. The number of ether oxygens (including phenoxy) is 1. The number of carbonyl (C=O) groups excluding carboxylic acids is 1. The van der Waals surface area contributed by atoms with Crippen LogP contribution >= 0.6 is 0 Å². The van der Waals surface area contributed by atoms with E-state index in [2.05, 4.69) is 81.4 Å². The molecule has 1 N–H and O–H groups in total. The summed E-state index contributed by atoms with van der Waals surface area (Å²) in [5.74, 6) is 0.523. The fraction of sp³-hybridized carbons (Fsp3) is 0.552. The number of likely N-dealkylation sites (tertiary alicyclic amines) is 1. The maximum atomic E-state index is 12.9. The van der Waals surface area contributed by atoms with Crippen LogP contribution in [0.15, 0.2) is 60.7 Å². The lowest BCUT2D eigenvalue weighted by Crippen LogP contribution is -2.69.